The van der Waals surface area contributed by atoms with Gasteiger partial charge in [-0.1, -0.05) is 25.4 Å². The zero-order chi connectivity index (χ0) is 18.3. The van der Waals surface area contributed by atoms with Gasteiger partial charge in [0.05, 0.1) is 5.02 Å². The molecule has 0 bridgehead atoms. The van der Waals surface area contributed by atoms with E-state index in [4.69, 9.17) is 23.8 Å². The molecule has 0 radical (unpaired) electrons. The molecule has 1 aromatic rings. The normalized spacial score (nSPS) is 11.8. The number of anilines is 1. The molecule has 0 amide bonds. The van der Waals surface area contributed by atoms with E-state index < -0.39 is 10.0 Å². The van der Waals surface area contributed by atoms with Crippen molar-refractivity contribution in [3.63, 3.8) is 0 Å². The minimum atomic E-state index is -3.63. The van der Waals surface area contributed by atoms with Crippen molar-refractivity contribution in [2.45, 2.75) is 18.7 Å². The second-order valence-corrected chi connectivity index (χ2v) is 8.14. The highest BCUT2D eigenvalue weighted by Gasteiger charge is 2.24. The summed E-state index contributed by atoms with van der Waals surface area (Å²) >= 11 is 11.3. The summed E-state index contributed by atoms with van der Waals surface area (Å²) in [7, 11) is 0.321. The van der Waals surface area contributed by atoms with Crippen molar-refractivity contribution in [2.75, 3.05) is 45.6 Å². The van der Waals surface area contributed by atoms with Crippen LogP contribution in [0.1, 0.15) is 13.8 Å². The van der Waals surface area contributed by atoms with E-state index in [0.29, 0.717) is 30.4 Å². The molecule has 0 fully saturated rings. The van der Waals surface area contributed by atoms with Crippen LogP contribution >= 0.6 is 23.8 Å². The summed E-state index contributed by atoms with van der Waals surface area (Å²) < 4.78 is 26.7. The molecule has 0 saturated carbocycles. The number of benzene rings is 1. The number of halogens is 1. The molecule has 0 atom stereocenters. The van der Waals surface area contributed by atoms with Crippen molar-refractivity contribution < 1.29 is 8.42 Å². The monoisotopic (exact) mass is 392 g/mol. The molecule has 0 heterocycles. The molecule has 0 aliphatic heterocycles. The fourth-order valence-corrected chi connectivity index (χ4v) is 4.23. The predicted molar refractivity (Wildman–Crippen MR) is 104 cm³/mol. The number of thiocarbonyl (C=S) groups is 1. The van der Waals surface area contributed by atoms with Gasteiger partial charge in [0.2, 0.25) is 10.0 Å². The highest BCUT2D eigenvalue weighted by molar-refractivity contribution is 7.89. The van der Waals surface area contributed by atoms with Crippen LogP contribution in [0, 0.1) is 0 Å². The van der Waals surface area contributed by atoms with Crippen LogP contribution in [0.4, 0.5) is 5.69 Å². The second-order valence-electron chi connectivity index (χ2n) is 5.42. The Morgan fingerprint density at radius 3 is 2.42 bits per heavy atom. The predicted octanol–water partition coefficient (Wildman–Crippen LogP) is 2.22. The van der Waals surface area contributed by atoms with Crippen LogP contribution in [0.3, 0.4) is 0 Å². The summed E-state index contributed by atoms with van der Waals surface area (Å²) in [6.45, 7) is 5.89. The average molecular weight is 393 g/mol. The first kappa shape index (κ1) is 21.1. The topological polar surface area (TPSA) is 64.7 Å². The Balaban J connectivity index is 2.92. The summed E-state index contributed by atoms with van der Waals surface area (Å²) in [6.07, 6.45) is 0. The largest absolute Gasteiger partial charge is 0.361 e. The fraction of sp³-hybridized carbons (Fsp3) is 0.533. The lowest BCUT2D eigenvalue weighted by Gasteiger charge is -2.20. The smallest absolute Gasteiger partial charge is 0.244 e. The van der Waals surface area contributed by atoms with Crippen LogP contribution in [-0.4, -0.2) is 63.0 Å². The van der Waals surface area contributed by atoms with Crippen LogP contribution in [0.2, 0.25) is 5.02 Å². The molecule has 2 N–H and O–H groups in total. The molecule has 1 aromatic carbocycles. The van der Waals surface area contributed by atoms with Gasteiger partial charge >= 0.3 is 0 Å². The molecule has 1 rings (SSSR count). The summed E-state index contributed by atoms with van der Waals surface area (Å²) in [5.74, 6) is 0. The maximum atomic E-state index is 12.7. The molecule has 0 spiro atoms. The van der Waals surface area contributed by atoms with Gasteiger partial charge in [0.15, 0.2) is 5.11 Å². The van der Waals surface area contributed by atoms with Gasteiger partial charge in [0, 0.05) is 31.9 Å². The van der Waals surface area contributed by atoms with Crippen LogP contribution in [0.25, 0.3) is 0 Å². The van der Waals surface area contributed by atoms with Gasteiger partial charge in [0.25, 0.3) is 0 Å². The SMILES string of the molecule is CCN(CC)S(=O)(=O)c1cc(NC(=S)NCCN(C)C)ccc1Cl. The summed E-state index contributed by atoms with van der Waals surface area (Å²) in [5, 5.41) is 6.69. The average Bonchev–Trinajstić information content (AvgIpc) is 2.49. The number of rotatable bonds is 8. The van der Waals surface area contributed by atoms with Gasteiger partial charge in [-0.05, 0) is 44.5 Å². The van der Waals surface area contributed by atoms with Crippen molar-refractivity contribution in [1.82, 2.24) is 14.5 Å². The number of nitrogens with zero attached hydrogens (tertiary/aromatic N) is 2. The third kappa shape index (κ3) is 5.86. The standard InChI is InChI=1S/C15H25ClN4O2S2/c1-5-20(6-2)24(21,22)14-11-12(7-8-13(14)16)18-15(23)17-9-10-19(3)4/h7-8,11H,5-6,9-10H2,1-4H3,(H2,17,18,23). The summed E-state index contributed by atoms with van der Waals surface area (Å²) in [5.41, 5.74) is 0.576. The zero-order valence-electron chi connectivity index (χ0n) is 14.5. The molecule has 0 unspecified atom stereocenters. The molecule has 0 aliphatic carbocycles. The highest BCUT2D eigenvalue weighted by atomic mass is 35.5. The minimum Gasteiger partial charge on any atom is -0.361 e. The van der Waals surface area contributed by atoms with Crippen LogP contribution < -0.4 is 10.6 Å². The van der Waals surface area contributed by atoms with Crippen LogP contribution in [0.5, 0.6) is 0 Å². The van der Waals surface area contributed by atoms with E-state index in [9.17, 15) is 8.42 Å². The molecular formula is C15H25ClN4O2S2. The molecule has 24 heavy (non-hydrogen) atoms. The molecular weight excluding hydrogens is 368 g/mol. The van der Waals surface area contributed by atoms with Crippen molar-refractivity contribution in [2.24, 2.45) is 0 Å². The number of nitrogens with one attached hydrogen (secondary N) is 2. The van der Waals surface area contributed by atoms with E-state index in [2.05, 4.69) is 10.6 Å². The van der Waals surface area contributed by atoms with E-state index in [1.165, 1.54) is 10.4 Å². The second kappa shape index (κ2) is 9.53. The Labute approximate surface area is 155 Å². The summed E-state index contributed by atoms with van der Waals surface area (Å²) in [6, 6.07) is 4.77. The first-order valence-electron chi connectivity index (χ1n) is 7.71. The Morgan fingerprint density at radius 1 is 1.25 bits per heavy atom. The molecule has 6 nitrogen and oxygen atoms in total. The molecule has 0 saturated heterocycles. The van der Waals surface area contributed by atoms with Crippen molar-refractivity contribution >= 4 is 44.6 Å². The number of hydrogen-bond donors (Lipinski definition) is 2. The first-order valence-corrected chi connectivity index (χ1v) is 9.94. The lowest BCUT2D eigenvalue weighted by Crippen LogP contribution is -2.34. The lowest BCUT2D eigenvalue weighted by atomic mass is 10.3. The van der Waals surface area contributed by atoms with Gasteiger partial charge in [-0.25, -0.2) is 8.42 Å². The van der Waals surface area contributed by atoms with E-state index in [0.717, 1.165) is 6.54 Å². The van der Waals surface area contributed by atoms with E-state index in [1.807, 2.05) is 19.0 Å². The Morgan fingerprint density at radius 2 is 1.88 bits per heavy atom. The third-order valence-electron chi connectivity index (χ3n) is 3.36. The van der Waals surface area contributed by atoms with E-state index in [1.54, 1.807) is 26.0 Å². The van der Waals surface area contributed by atoms with Gasteiger partial charge in [-0.15, -0.1) is 0 Å². The summed E-state index contributed by atoms with van der Waals surface area (Å²) in [4.78, 5) is 2.11. The van der Waals surface area contributed by atoms with Crippen LogP contribution in [0.15, 0.2) is 23.1 Å². The Kier molecular flexibility index (Phi) is 8.38. The maximum absolute atomic E-state index is 12.7. The van der Waals surface area contributed by atoms with E-state index >= 15 is 0 Å². The quantitative estimate of drug-likeness (QED) is 0.661. The third-order valence-corrected chi connectivity index (χ3v) is 6.13. The van der Waals surface area contributed by atoms with E-state index in [-0.39, 0.29) is 9.92 Å². The highest BCUT2D eigenvalue weighted by Crippen LogP contribution is 2.27. The van der Waals surface area contributed by atoms with Gasteiger partial charge in [-0.3, -0.25) is 0 Å². The van der Waals surface area contributed by atoms with Crippen LogP contribution in [-0.2, 0) is 10.0 Å². The van der Waals surface area contributed by atoms with Crippen molar-refractivity contribution in [3.05, 3.63) is 23.2 Å². The number of hydrogen-bond acceptors (Lipinski definition) is 4. The van der Waals surface area contributed by atoms with Crippen molar-refractivity contribution in [3.8, 4) is 0 Å². The van der Waals surface area contributed by atoms with Gasteiger partial charge in [0.1, 0.15) is 4.90 Å². The minimum absolute atomic E-state index is 0.0777. The lowest BCUT2D eigenvalue weighted by molar-refractivity contribution is 0.413. The maximum Gasteiger partial charge on any atom is 0.244 e. The first-order chi connectivity index (χ1) is 11.2. The fourth-order valence-electron chi connectivity index (χ4n) is 2.05. The molecule has 136 valence electrons. The van der Waals surface area contributed by atoms with Gasteiger partial charge < -0.3 is 15.5 Å². The van der Waals surface area contributed by atoms with Gasteiger partial charge in [-0.2, -0.15) is 4.31 Å². The zero-order valence-corrected chi connectivity index (χ0v) is 16.9. The molecule has 0 aliphatic rings. The molecule has 9 heteroatoms. The Bertz CT molecular complexity index is 661. The number of sulfonamides is 1. The number of likely N-dealkylation sites (N-methyl/N-ethyl adjacent to an activating group) is 1. The molecule has 0 aromatic heterocycles. The Hall–Kier alpha value is -0.930. The van der Waals surface area contributed by atoms with Crippen molar-refractivity contribution in [1.29, 1.82) is 0 Å².